The van der Waals surface area contributed by atoms with Crippen molar-refractivity contribution in [2.24, 2.45) is 0 Å². The molecule has 0 bridgehead atoms. The Morgan fingerprint density at radius 3 is 2.59 bits per heavy atom. The van der Waals surface area contributed by atoms with Gasteiger partial charge in [0.1, 0.15) is 5.75 Å². The minimum absolute atomic E-state index is 0.116. The molecule has 5 nitrogen and oxygen atoms in total. The lowest BCUT2D eigenvalue weighted by Crippen LogP contribution is -2.38. The van der Waals surface area contributed by atoms with Crippen molar-refractivity contribution in [2.75, 3.05) is 19.1 Å². The minimum Gasteiger partial charge on any atom is -0.454 e. The maximum Gasteiger partial charge on any atom is 0.260 e. The third-order valence-electron chi connectivity index (χ3n) is 3.91. The first-order valence-corrected chi connectivity index (χ1v) is 8.60. The van der Waals surface area contributed by atoms with Gasteiger partial charge < -0.3 is 9.47 Å². The molecular weight excluding hydrogens is 316 g/mol. The van der Waals surface area contributed by atoms with Crippen LogP contribution in [-0.4, -0.2) is 33.4 Å². The summed E-state index contributed by atoms with van der Waals surface area (Å²) in [6, 6.07) is 5.48. The van der Waals surface area contributed by atoms with Gasteiger partial charge in [-0.15, -0.1) is 0 Å². The summed E-state index contributed by atoms with van der Waals surface area (Å²) in [5.74, 6) is -3.16. The van der Waals surface area contributed by atoms with Crippen LogP contribution in [0.25, 0.3) is 0 Å². The van der Waals surface area contributed by atoms with Crippen molar-refractivity contribution in [2.45, 2.75) is 31.1 Å². The second-order valence-corrected chi connectivity index (χ2v) is 7.81. The van der Waals surface area contributed by atoms with Crippen LogP contribution in [0.1, 0.15) is 25.3 Å². The largest absolute Gasteiger partial charge is 0.454 e. The predicted molar refractivity (Wildman–Crippen MR) is 75.9 cm³/mol. The number of sulfonamides is 1. The molecule has 0 spiro atoms. The normalized spacial score (nSPS) is 19.2. The summed E-state index contributed by atoms with van der Waals surface area (Å²) in [6.45, 7) is 0.881. The molecule has 0 aromatic heterocycles. The average molecular weight is 333 g/mol. The van der Waals surface area contributed by atoms with Crippen LogP contribution in [0.4, 0.5) is 8.78 Å². The monoisotopic (exact) mass is 333 g/mol. The van der Waals surface area contributed by atoms with E-state index in [4.69, 9.17) is 9.47 Å². The summed E-state index contributed by atoms with van der Waals surface area (Å²) in [5.41, 5.74) is 0.597. The highest BCUT2D eigenvalue weighted by atomic mass is 32.2. The van der Waals surface area contributed by atoms with E-state index < -0.39 is 21.7 Å². The number of halogens is 2. The van der Waals surface area contributed by atoms with Crippen LogP contribution in [0.15, 0.2) is 18.2 Å². The molecule has 0 radical (unpaired) electrons. The average Bonchev–Trinajstić information content (AvgIpc) is 3.04. The van der Waals surface area contributed by atoms with E-state index in [2.05, 4.69) is 4.72 Å². The van der Waals surface area contributed by atoms with Crippen molar-refractivity contribution in [1.29, 1.82) is 0 Å². The summed E-state index contributed by atoms with van der Waals surface area (Å²) in [6.07, 6.45) is 1.61. The number of ether oxygens (including phenoxy) is 2. The number of rotatable bonds is 6. The zero-order valence-corrected chi connectivity index (χ0v) is 12.9. The predicted octanol–water partition coefficient (Wildman–Crippen LogP) is 2.02. The van der Waals surface area contributed by atoms with E-state index in [1.807, 2.05) is 12.1 Å². The summed E-state index contributed by atoms with van der Waals surface area (Å²) < 4.78 is 62.0. The zero-order chi connectivity index (χ0) is 16.0. The fraction of sp³-hybridized carbons (Fsp3) is 0.571. The molecule has 1 aromatic rings. The third kappa shape index (κ3) is 3.33. The summed E-state index contributed by atoms with van der Waals surface area (Å²) in [4.78, 5) is 0. The number of benzene rings is 1. The van der Waals surface area contributed by atoms with E-state index in [0.717, 1.165) is 18.4 Å². The molecule has 1 N–H and O–H groups in total. The molecule has 1 heterocycles. The molecule has 0 atom stereocenters. The van der Waals surface area contributed by atoms with Crippen LogP contribution in [0.5, 0.6) is 11.5 Å². The van der Waals surface area contributed by atoms with Gasteiger partial charge in [0.05, 0.1) is 0 Å². The van der Waals surface area contributed by atoms with Gasteiger partial charge in [-0.3, -0.25) is 0 Å². The third-order valence-corrected chi connectivity index (χ3v) is 5.38. The van der Waals surface area contributed by atoms with Gasteiger partial charge in [0, 0.05) is 18.9 Å². The molecule has 22 heavy (non-hydrogen) atoms. The van der Waals surface area contributed by atoms with Crippen molar-refractivity contribution < 1.29 is 26.7 Å². The van der Waals surface area contributed by atoms with Gasteiger partial charge in [-0.05, 0) is 30.5 Å². The van der Waals surface area contributed by atoms with Gasteiger partial charge in [0.25, 0.3) is 5.92 Å². The van der Waals surface area contributed by atoms with Gasteiger partial charge in [0.15, 0.2) is 11.5 Å². The Morgan fingerprint density at radius 2 is 1.95 bits per heavy atom. The zero-order valence-electron chi connectivity index (χ0n) is 12.1. The fourth-order valence-electron chi connectivity index (χ4n) is 2.58. The maximum absolute atomic E-state index is 12.9. The Bertz CT molecular complexity index is 681. The molecule has 2 aliphatic rings. The molecular formula is C14H17F2NO4S. The van der Waals surface area contributed by atoms with Crippen LogP contribution in [0.3, 0.4) is 0 Å². The number of hydrogen-bond donors (Lipinski definition) is 1. The summed E-state index contributed by atoms with van der Waals surface area (Å²) in [5, 5.41) is 0. The molecule has 1 saturated carbocycles. The molecule has 0 amide bonds. The van der Waals surface area contributed by atoms with E-state index in [1.54, 1.807) is 6.07 Å². The SMILES string of the molecule is CC(F)(F)CS(=O)(=O)NCC1(c2ccc3c(c2)OCO3)CC1. The van der Waals surface area contributed by atoms with Crippen molar-refractivity contribution in [3.05, 3.63) is 23.8 Å². The summed E-state index contributed by atoms with van der Waals surface area (Å²) in [7, 11) is -4.01. The van der Waals surface area contributed by atoms with E-state index in [0.29, 0.717) is 18.4 Å². The first-order valence-electron chi connectivity index (χ1n) is 6.95. The molecule has 8 heteroatoms. The Hall–Kier alpha value is -1.41. The van der Waals surface area contributed by atoms with Crippen LogP contribution in [0, 0.1) is 0 Å². The second-order valence-electron chi connectivity index (χ2n) is 6.00. The first-order chi connectivity index (χ1) is 10.2. The highest BCUT2D eigenvalue weighted by molar-refractivity contribution is 7.89. The lowest BCUT2D eigenvalue weighted by atomic mass is 9.96. The van der Waals surface area contributed by atoms with Crippen molar-refractivity contribution >= 4 is 10.0 Å². The maximum atomic E-state index is 12.9. The van der Waals surface area contributed by atoms with Crippen LogP contribution >= 0.6 is 0 Å². The van der Waals surface area contributed by atoms with Gasteiger partial charge in [-0.1, -0.05) is 6.07 Å². The quantitative estimate of drug-likeness (QED) is 0.865. The number of alkyl halides is 2. The van der Waals surface area contributed by atoms with Crippen molar-refractivity contribution in [3.63, 3.8) is 0 Å². The molecule has 1 aliphatic carbocycles. The Balaban J connectivity index is 1.70. The second kappa shape index (κ2) is 5.06. The Kier molecular flexibility index (Phi) is 3.56. The minimum atomic E-state index is -4.01. The molecule has 0 saturated heterocycles. The lowest BCUT2D eigenvalue weighted by molar-refractivity contribution is 0.0471. The Morgan fingerprint density at radius 1 is 1.27 bits per heavy atom. The van der Waals surface area contributed by atoms with Crippen LogP contribution in [0.2, 0.25) is 0 Å². The smallest absolute Gasteiger partial charge is 0.260 e. The molecule has 0 unspecified atom stereocenters. The highest BCUT2D eigenvalue weighted by Gasteiger charge is 2.45. The first kappa shape index (κ1) is 15.5. The van der Waals surface area contributed by atoms with Gasteiger partial charge in [0.2, 0.25) is 16.8 Å². The summed E-state index contributed by atoms with van der Waals surface area (Å²) >= 11 is 0. The van der Waals surface area contributed by atoms with Crippen molar-refractivity contribution in [1.82, 2.24) is 4.72 Å². The number of hydrogen-bond acceptors (Lipinski definition) is 4. The topological polar surface area (TPSA) is 64.6 Å². The number of nitrogens with one attached hydrogen (secondary N) is 1. The molecule has 1 aliphatic heterocycles. The Labute approximate surface area is 127 Å². The fourth-order valence-corrected chi connectivity index (χ4v) is 3.84. The molecule has 1 fully saturated rings. The number of fused-ring (bicyclic) bond motifs is 1. The van der Waals surface area contributed by atoms with Crippen LogP contribution in [-0.2, 0) is 15.4 Å². The van der Waals surface area contributed by atoms with Crippen molar-refractivity contribution in [3.8, 4) is 11.5 Å². The van der Waals surface area contributed by atoms with Gasteiger partial charge >= 0.3 is 0 Å². The van der Waals surface area contributed by atoms with E-state index >= 15 is 0 Å². The van der Waals surface area contributed by atoms with Crippen LogP contribution < -0.4 is 14.2 Å². The highest BCUT2D eigenvalue weighted by Crippen LogP contribution is 2.50. The van der Waals surface area contributed by atoms with E-state index in [1.165, 1.54) is 0 Å². The molecule has 3 rings (SSSR count). The van der Waals surface area contributed by atoms with E-state index in [9.17, 15) is 17.2 Å². The molecule has 1 aromatic carbocycles. The van der Waals surface area contributed by atoms with Gasteiger partial charge in [-0.25, -0.2) is 21.9 Å². The lowest BCUT2D eigenvalue weighted by Gasteiger charge is -2.18. The van der Waals surface area contributed by atoms with Gasteiger partial charge in [-0.2, -0.15) is 0 Å². The standard InChI is InChI=1S/C14H17F2NO4S/c1-13(15,16)8-22(18,19)17-7-14(4-5-14)10-2-3-11-12(6-10)21-9-20-11/h2-3,6,17H,4-5,7-9H2,1H3. The van der Waals surface area contributed by atoms with E-state index in [-0.39, 0.29) is 18.8 Å². The molecule has 122 valence electrons.